The van der Waals surface area contributed by atoms with Crippen LogP contribution in [0.25, 0.3) is 0 Å². The van der Waals surface area contributed by atoms with Crippen LogP contribution in [0.1, 0.15) is 25.8 Å². The normalized spacial score (nSPS) is 10.3. The van der Waals surface area contributed by atoms with Gasteiger partial charge in [-0.1, -0.05) is 32.0 Å². The van der Waals surface area contributed by atoms with Crippen molar-refractivity contribution in [2.75, 3.05) is 5.32 Å². The zero-order chi connectivity index (χ0) is 10.6. The predicted molar refractivity (Wildman–Crippen MR) is 59.3 cm³/mol. The maximum atomic E-state index is 11.5. The maximum absolute atomic E-state index is 11.5. The second-order valence-corrected chi connectivity index (χ2v) is 3.96. The molecule has 0 aromatic heterocycles. The molecule has 0 radical (unpaired) electrons. The van der Waals surface area contributed by atoms with Gasteiger partial charge >= 0.3 is 0 Å². The van der Waals surface area contributed by atoms with Gasteiger partial charge in [0.1, 0.15) is 0 Å². The summed E-state index contributed by atoms with van der Waals surface area (Å²) < 4.78 is 0. The average molecular weight is 191 g/mol. The summed E-state index contributed by atoms with van der Waals surface area (Å²) in [7, 11) is 0. The average Bonchev–Trinajstić information content (AvgIpc) is 2.07. The maximum Gasteiger partial charge on any atom is 0.224 e. The first-order chi connectivity index (χ1) is 6.59. The Morgan fingerprint density at radius 2 is 2.00 bits per heavy atom. The van der Waals surface area contributed by atoms with Crippen molar-refractivity contribution in [3.8, 4) is 0 Å². The van der Waals surface area contributed by atoms with Crippen molar-refractivity contribution in [3.63, 3.8) is 0 Å². The monoisotopic (exact) mass is 191 g/mol. The highest BCUT2D eigenvalue weighted by Gasteiger charge is 2.05. The molecule has 0 heterocycles. The predicted octanol–water partition coefficient (Wildman–Crippen LogP) is 2.98. The molecule has 1 amide bonds. The Labute approximate surface area is 85.3 Å². The summed E-state index contributed by atoms with van der Waals surface area (Å²) in [6.07, 6.45) is 0.578. The third-order valence-electron chi connectivity index (χ3n) is 2.01. The lowest BCUT2D eigenvalue weighted by atomic mass is 10.1. The van der Waals surface area contributed by atoms with Crippen LogP contribution in [-0.2, 0) is 4.79 Å². The van der Waals surface area contributed by atoms with Gasteiger partial charge in [-0.25, -0.2) is 0 Å². The van der Waals surface area contributed by atoms with Gasteiger partial charge in [0.2, 0.25) is 5.91 Å². The molecule has 0 saturated heterocycles. The first kappa shape index (κ1) is 10.8. The van der Waals surface area contributed by atoms with Gasteiger partial charge in [0, 0.05) is 12.1 Å². The molecule has 1 aromatic carbocycles. The number of hydrogen-bond donors (Lipinski definition) is 1. The van der Waals surface area contributed by atoms with Gasteiger partial charge in [0.25, 0.3) is 0 Å². The highest BCUT2D eigenvalue weighted by molar-refractivity contribution is 5.91. The Morgan fingerprint density at radius 1 is 1.36 bits per heavy atom. The number of hydrogen-bond acceptors (Lipinski definition) is 1. The van der Waals surface area contributed by atoms with Crippen LogP contribution in [0.15, 0.2) is 24.3 Å². The quantitative estimate of drug-likeness (QED) is 0.781. The number of nitrogens with one attached hydrogen (secondary N) is 1. The number of benzene rings is 1. The molecule has 2 nitrogen and oxygen atoms in total. The molecular formula is C12H17NO. The third kappa shape index (κ3) is 3.21. The molecule has 1 N–H and O–H groups in total. The molecule has 0 aliphatic heterocycles. The molecule has 0 aliphatic carbocycles. The van der Waals surface area contributed by atoms with Crippen LogP contribution in [0.2, 0.25) is 0 Å². The van der Waals surface area contributed by atoms with Crippen LogP contribution >= 0.6 is 0 Å². The Kier molecular flexibility index (Phi) is 3.69. The van der Waals surface area contributed by atoms with E-state index in [-0.39, 0.29) is 5.91 Å². The Balaban J connectivity index is 2.61. The van der Waals surface area contributed by atoms with E-state index in [1.165, 1.54) is 0 Å². The van der Waals surface area contributed by atoms with Gasteiger partial charge in [-0.3, -0.25) is 4.79 Å². The zero-order valence-electron chi connectivity index (χ0n) is 9.00. The molecule has 0 spiro atoms. The highest BCUT2D eigenvalue weighted by Crippen LogP contribution is 2.14. The summed E-state index contributed by atoms with van der Waals surface area (Å²) in [5, 5.41) is 2.90. The lowest BCUT2D eigenvalue weighted by molar-refractivity contribution is -0.116. The lowest BCUT2D eigenvalue weighted by Crippen LogP contribution is -2.14. The number of rotatable bonds is 3. The van der Waals surface area contributed by atoms with Crippen LogP contribution in [0.5, 0.6) is 0 Å². The molecule has 76 valence electrons. The standard InChI is InChI=1S/C12H17NO/c1-9(2)8-12(14)13-11-7-5-4-6-10(11)3/h4-7,9H,8H2,1-3H3,(H,13,14). The number of para-hydroxylation sites is 1. The number of amides is 1. The van der Waals surface area contributed by atoms with Gasteiger partial charge in [0.15, 0.2) is 0 Å². The fraction of sp³-hybridized carbons (Fsp3) is 0.417. The molecule has 14 heavy (non-hydrogen) atoms. The first-order valence-electron chi connectivity index (χ1n) is 4.95. The summed E-state index contributed by atoms with van der Waals surface area (Å²) in [5.41, 5.74) is 2.02. The van der Waals surface area contributed by atoms with E-state index in [2.05, 4.69) is 5.32 Å². The molecule has 0 unspecified atom stereocenters. The largest absolute Gasteiger partial charge is 0.326 e. The molecule has 2 heteroatoms. The van der Waals surface area contributed by atoms with Crippen molar-refractivity contribution >= 4 is 11.6 Å². The van der Waals surface area contributed by atoms with Crippen molar-refractivity contribution in [2.45, 2.75) is 27.2 Å². The molecule has 0 atom stereocenters. The minimum absolute atomic E-state index is 0.0919. The summed E-state index contributed by atoms with van der Waals surface area (Å²) in [4.78, 5) is 11.5. The summed E-state index contributed by atoms with van der Waals surface area (Å²) in [6, 6.07) is 7.81. The number of aryl methyl sites for hydroxylation is 1. The van der Waals surface area contributed by atoms with Crippen molar-refractivity contribution in [1.29, 1.82) is 0 Å². The fourth-order valence-corrected chi connectivity index (χ4v) is 1.29. The molecule has 0 saturated carbocycles. The highest BCUT2D eigenvalue weighted by atomic mass is 16.1. The van der Waals surface area contributed by atoms with E-state index >= 15 is 0 Å². The van der Waals surface area contributed by atoms with E-state index in [1.54, 1.807) is 0 Å². The van der Waals surface area contributed by atoms with Crippen LogP contribution in [0, 0.1) is 12.8 Å². The minimum Gasteiger partial charge on any atom is -0.326 e. The Bertz CT molecular complexity index is 318. The molecular weight excluding hydrogens is 174 g/mol. The summed E-state index contributed by atoms with van der Waals surface area (Å²) >= 11 is 0. The van der Waals surface area contributed by atoms with Crippen molar-refractivity contribution in [1.82, 2.24) is 0 Å². The topological polar surface area (TPSA) is 29.1 Å². The summed E-state index contributed by atoms with van der Waals surface area (Å²) in [5.74, 6) is 0.494. The second kappa shape index (κ2) is 4.80. The Hall–Kier alpha value is -1.31. The third-order valence-corrected chi connectivity index (χ3v) is 2.01. The van der Waals surface area contributed by atoms with Crippen LogP contribution in [0.3, 0.4) is 0 Å². The van der Waals surface area contributed by atoms with E-state index in [0.717, 1.165) is 11.3 Å². The van der Waals surface area contributed by atoms with Crippen LogP contribution in [-0.4, -0.2) is 5.91 Å². The number of carbonyl (C=O) groups is 1. The SMILES string of the molecule is Cc1ccccc1NC(=O)CC(C)C. The fourth-order valence-electron chi connectivity index (χ4n) is 1.29. The van der Waals surface area contributed by atoms with Crippen molar-refractivity contribution in [3.05, 3.63) is 29.8 Å². The summed E-state index contributed by atoms with van der Waals surface area (Å²) in [6.45, 7) is 6.07. The molecule has 0 aliphatic rings. The Morgan fingerprint density at radius 3 is 2.57 bits per heavy atom. The number of carbonyl (C=O) groups excluding carboxylic acids is 1. The second-order valence-electron chi connectivity index (χ2n) is 3.96. The molecule has 1 aromatic rings. The van der Waals surface area contributed by atoms with Gasteiger partial charge in [-0.05, 0) is 24.5 Å². The van der Waals surface area contributed by atoms with E-state index in [1.807, 2.05) is 45.0 Å². The van der Waals surface area contributed by atoms with Gasteiger partial charge < -0.3 is 5.32 Å². The lowest BCUT2D eigenvalue weighted by Gasteiger charge is -2.09. The van der Waals surface area contributed by atoms with E-state index < -0.39 is 0 Å². The molecule has 0 bridgehead atoms. The van der Waals surface area contributed by atoms with Crippen molar-refractivity contribution in [2.24, 2.45) is 5.92 Å². The van der Waals surface area contributed by atoms with E-state index in [9.17, 15) is 4.79 Å². The van der Waals surface area contributed by atoms with Crippen LogP contribution < -0.4 is 5.32 Å². The van der Waals surface area contributed by atoms with Gasteiger partial charge in [-0.2, -0.15) is 0 Å². The number of anilines is 1. The van der Waals surface area contributed by atoms with Gasteiger partial charge in [-0.15, -0.1) is 0 Å². The zero-order valence-corrected chi connectivity index (χ0v) is 9.00. The van der Waals surface area contributed by atoms with Crippen molar-refractivity contribution < 1.29 is 4.79 Å². The first-order valence-corrected chi connectivity index (χ1v) is 4.95. The smallest absolute Gasteiger partial charge is 0.224 e. The van der Waals surface area contributed by atoms with E-state index in [4.69, 9.17) is 0 Å². The van der Waals surface area contributed by atoms with Crippen LogP contribution in [0.4, 0.5) is 5.69 Å². The minimum atomic E-state index is 0.0919. The molecule has 0 fully saturated rings. The van der Waals surface area contributed by atoms with Gasteiger partial charge in [0.05, 0.1) is 0 Å². The molecule has 1 rings (SSSR count). The van der Waals surface area contributed by atoms with E-state index in [0.29, 0.717) is 12.3 Å².